The van der Waals surface area contributed by atoms with Crippen LogP contribution in [-0.4, -0.2) is 56.2 Å². The fraction of sp³-hybridized carbons (Fsp3) is 0.500. The van der Waals surface area contributed by atoms with Gasteiger partial charge in [-0.05, 0) is 26.8 Å². The van der Waals surface area contributed by atoms with Gasteiger partial charge in [0.05, 0.1) is 18.0 Å². The molecule has 1 fully saturated rings. The highest BCUT2D eigenvalue weighted by atomic mass is 32.2. The lowest BCUT2D eigenvalue weighted by atomic mass is 10.1. The molecule has 1 saturated heterocycles. The molecule has 1 aromatic heterocycles. The van der Waals surface area contributed by atoms with Crippen LogP contribution in [0.5, 0.6) is 0 Å². The summed E-state index contributed by atoms with van der Waals surface area (Å²) in [4.78, 5) is 12.4. The molecule has 1 amide bonds. The number of carbonyl (C=O) groups is 1. The van der Waals surface area contributed by atoms with E-state index in [2.05, 4.69) is 5.32 Å². The van der Waals surface area contributed by atoms with E-state index in [4.69, 9.17) is 9.15 Å². The molecule has 2 atom stereocenters. The summed E-state index contributed by atoms with van der Waals surface area (Å²) in [6.07, 6.45) is -0.350. The molecule has 0 unspecified atom stereocenters. The number of nitrogens with zero attached hydrogens (tertiary/aromatic N) is 1. The Morgan fingerprint density at radius 3 is 2.59 bits per heavy atom. The molecule has 148 valence electrons. The zero-order valence-corrected chi connectivity index (χ0v) is 16.3. The molecule has 0 aliphatic carbocycles. The zero-order valence-electron chi connectivity index (χ0n) is 15.5. The van der Waals surface area contributed by atoms with Gasteiger partial charge in [-0.1, -0.05) is 12.1 Å². The summed E-state index contributed by atoms with van der Waals surface area (Å²) in [6, 6.07) is 4.46. The van der Waals surface area contributed by atoms with Crippen LogP contribution in [0.3, 0.4) is 0 Å². The van der Waals surface area contributed by atoms with E-state index in [1.54, 1.807) is 19.1 Å². The van der Waals surface area contributed by atoms with E-state index in [-0.39, 0.29) is 35.8 Å². The zero-order chi connectivity index (χ0) is 19.8. The maximum absolute atomic E-state index is 13.8. The van der Waals surface area contributed by atoms with E-state index in [1.807, 2.05) is 13.8 Å². The third-order valence-electron chi connectivity index (χ3n) is 4.55. The van der Waals surface area contributed by atoms with Crippen molar-refractivity contribution in [3.63, 3.8) is 0 Å². The number of fused-ring (bicyclic) bond motifs is 1. The number of morpholine rings is 1. The van der Waals surface area contributed by atoms with Crippen molar-refractivity contribution in [3.05, 3.63) is 35.3 Å². The largest absolute Gasteiger partial charge is 0.448 e. The number of benzene rings is 1. The molecule has 1 aromatic carbocycles. The first-order chi connectivity index (χ1) is 12.7. The minimum Gasteiger partial charge on any atom is -0.448 e. The van der Waals surface area contributed by atoms with Gasteiger partial charge in [-0.2, -0.15) is 4.31 Å². The van der Waals surface area contributed by atoms with E-state index >= 15 is 0 Å². The molecule has 2 heterocycles. The van der Waals surface area contributed by atoms with E-state index < -0.39 is 21.7 Å². The second kappa shape index (κ2) is 7.57. The average molecular weight is 398 g/mol. The van der Waals surface area contributed by atoms with Gasteiger partial charge in [0.1, 0.15) is 0 Å². The number of furan rings is 1. The molecule has 0 bridgehead atoms. The number of sulfonamides is 1. The fourth-order valence-electron chi connectivity index (χ4n) is 3.29. The number of hydrogen-bond donors (Lipinski definition) is 1. The van der Waals surface area contributed by atoms with Crippen molar-refractivity contribution in [1.82, 2.24) is 9.62 Å². The normalized spacial score (nSPS) is 21.5. The quantitative estimate of drug-likeness (QED) is 0.833. The van der Waals surface area contributed by atoms with Crippen molar-refractivity contribution < 1.29 is 26.8 Å². The SMILES string of the molecule is Cc1c(C(=O)NCCS(=O)(=O)N2C[C@@H](C)O[C@H](C)C2)oc2c(F)cccc12. The van der Waals surface area contributed by atoms with Crippen molar-refractivity contribution in [3.8, 4) is 0 Å². The minimum atomic E-state index is -3.52. The molecular weight excluding hydrogens is 375 g/mol. The molecule has 2 aromatic rings. The summed E-state index contributed by atoms with van der Waals surface area (Å²) in [6.45, 7) is 5.83. The summed E-state index contributed by atoms with van der Waals surface area (Å²) in [5.41, 5.74) is 0.532. The highest BCUT2D eigenvalue weighted by Gasteiger charge is 2.31. The summed E-state index contributed by atoms with van der Waals surface area (Å²) in [7, 11) is -3.52. The maximum Gasteiger partial charge on any atom is 0.287 e. The van der Waals surface area contributed by atoms with Crippen LogP contribution in [-0.2, 0) is 14.8 Å². The molecule has 0 saturated carbocycles. The molecule has 27 heavy (non-hydrogen) atoms. The molecule has 0 spiro atoms. The first-order valence-corrected chi connectivity index (χ1v) is 10.4. The third kappa shape index (κ3) is 4.15. The van der Waals surface area contributed by atoms with Crippen molar-refractivity contribution >= 4 is 26.9 Å². The molecule has 1 aliphatic heterocycles. The first-order valence-electron chi connectivity index (χ1n) is 8.78. The van der Waals surface area contributed by atoms with Crippen LogP contribution >= 0.6 is 0 Å². The third-order valence-corrected chi connectivity index (χ3v) is 6.35. The monoisotopic (exact) mass is 398 g/mol. The van der Waals surface area contributed by atoms with Crippen LogP contribution in [0.2, 0.25) is 0 Å². The van der Waals surface area contributed by atoms with E-state index in [0.717, 1.165) is 0 Å². The van der Waals surface area contributed by atoms with Gasteiger partial charge >= 0.3 is 0 Å². The van der Waals surface area contributed by atoms with Crippen LogP contribution < -0.4 is 5.32 Å². The number of carbonyl (C=O) groups excluding carboxylic acids is 1. The van der Waals surface area contributed by atoms with Crippen LogP contribution in [0, 0.1) is 12.7 Å². The van der Waals surface area contributed by atoms with E-state index in [9.17, 15) is 17.6 Å². The van der Waals surface area contributed by atoms with Gasteiger partial charge in [0, 0.05) is 30.6 Å². The van der Waals surface area contributed by atoms with Crippen LogP contribution in [0.25, 0.3) is 11.0 Å². The summed E-state index contributed by atoms with van der Waals surface area (Å²) in [5, 5.41) is 3.06. The second-order valence-electron chi connectivity index (χ2n) is 6.82. The van der Waals surface area contributed by atoms with Gasteiger partial charge in [0.25, 0.3) is 5.91 Å². The van der Waals surface area contributed by atoms with Gasteiger partial charge in [-0.15, -0.1) is 0 Å². The van der Waals surface area contributed by atoms with Gasteiger partial charge in [-0.3, -0.25) is 4.79 Å². The van der Waals surface area contributed by atoms with E-state index in [0.29, 0.717) is 24.0 Å². The summed E-state index contributed by atoms with van der Waals surface area (Å²) in [5.74, 6) is -1.36. The van der Waals surface area contributed by atoms with Gasteiger partial charge in [-0.25, -0.2) is 12.8 Å². The number of amides is 1. The van der Waals surface area contributed by atoms with Gasteiger partial charge in [0.2, 0.25) is 10.0 Å². The Morgan fingerprint density at radius 2 is 1.96 bits per heavy atom. The number of rotatable bonds is 5. The Bertz CT molecular complexity index is 946. The van der Waals surface area contributed by atoms with Crippen LogP contribution in [0.4, 0.5) is 4.39 Å². The van der Waals surface area contributed by atoms with Crippen molar-refractivity contribution in [2.45, 2.75) is 33.0 Å². The fourth-order valence-corrected chi connectivity index (χ4v) is 4.78. The molecule has 7 nitrogen and oxygen atoms in total. The lowest BCUT2D eigenvalue weighted by molar-refractivity contribution is -0.0440. The maximum atomic E-state index is 13.8. The molecule has 3 rings (SSSR count). The van der Waals surface area contributed by atoms with Crippen molar-refractivity contribution in [2.24, 2.45) is 0 Å². The highest BCUT2D eigenvalue weighted by molar-refractivity contribution is 7.89. The van der Waals surface area contributed by atoms with Gasteiger partial charge < -0.3 is 14.5 Å². The number of hydrogen-bond acceptors (Lipinski definition) is 5. The smallest absolute Gasteiger partial charge is 0.287 e. The summed E-state index contributed by atoms with van der Waals surface area (Å²) < 4.78 is 51.1. The lowest BCUT2D eigenvalue weighted by Gasteiger charge is -2.34. The number of halogens is 1. The Morgan fingerprint density at radius 1 is 1.30 bits per heavy atom. The van der Waals surface area contributed by atoms with Crippen molar-refractivity contribution in [1.29, 1.82) is 0 Å². The molecule has 1 aliphatic rings. The predicted octanol–water partition coefficient (Wildman–Crippen LogP) is 2.05. The second-order valence-corrected chi connectivity index (χ2v) is 8.91. The Labute approximate surface area is 157 Å². The number of aryl methyl sites for hydroxylation is 1. The Hall–Kier alpha value is -1.97. The van der Waals surface area contributed by atoms with Crippen LogP contribution in [0.1, 0.15) is 30.0 Å². The Balaban J connectivity index is 1.64. The molecule has 0 radical (unpaired) electrons. The molecule has 1 N–H and O–H groups in total. The minimum absolute atomic E-state index is 0.0129. The molecular formula is C18H23FN2O5S. The standard InChI is InChI=1S/C18H23FN2O5S/c1-11-9-21(10-12(2)25-11)27(23,24)8-7-20-18(22)16-13(3)14-5-4-6-15(19)17(14)26-16/h4-6,11-12H,7-10H2,1-3H3,(H,20,22)/t11-,12-/m1/s1. The van der Waals surface area contributed by atoms with Crippen molar-refractivity contribution in [2.75, 3.05) is 25.4 Å². The predicted molar refractivity (Wildman–Crippen MR) is 98.6 cm³/mol. The number of nitrogens with one attached hydrogen (secondary N) is 1. The molecule has 9 heteroatoms. The average Bonchev–Trinajstić information content (AvgIpc) is 2.92. The highest BCUT2D eigenvalue weighted by Crippen LogP contribution is 2.27. The van der Waals surface area contributed by atoms with E-state index in [1.165, 1.54) is 10.4 Å². The summed E-state index contributed by atoms with van der Waals surface area (Å²) >= 11 is 0. The number of ether oxygens (including phenoxy) is 1. The first kappa shape index (κ1) is 19.8. The topological polar surface area (TPSA) is 88.9 Å². The number of para-hydroxylation sites is 1. The Kier molecular flexibility index (Phi) is 5.55. The lowest BCUT2D eigenvalue weighted by Crippen LogP contribution is -2.49. The van der Waals surface area contributed by atoms with Crippen LogP contribution in [0.15, 0.2) is 22.6 Å². The van der Waals surface area contributed by atoms with Gasteiger partial charge in [0.15, 0.2) is 17.2 Å².